The Morgan fingerprint density at radius 2 is 0.929 bits per heavy atom. The first-order valence-corrected chi connectivity index (χ1v) is 5.03. The fraction of sp³-hybridized carbons (Fsp3) is 1.00. The fourth-order valence-corrected chi connectivity index (χ4v) is 4.22. The van der Waals surface area contributed by atoms with Gasteiger partial charge in [-0.3, -0.25) is 0 Å². The standard InChI is InChI=1S/C10H13F3O/c11-7-1-8(12)3-9(13,2-7)6-10(14,4-7)5-8/h14H,1-6H2. The Balaban J connectivity index is 2.08. The third-order valence-electron chi connectivity index (χ3n) is 3.84. The lowest BCUT2D eigenvalue weighted by molar-refractivity contribution is -0.243. The van der Waals surface area contributed by atoms with Crippen molar-refractivity contribution in [1.82, 2.24) is 0 Å². The van der Waals surface area contributed by atoms with Crippen molar-refractivity contribution in [3.05, 3.63) is 0 Å². The third-order valence-corrected chi connectivity index (χ3v) is 3.84. The molecule has 0 aliphatic heterocycles. The molecule has 0 saturated heterocycles. The highest BCUT2D eigenvalue weighted by molar-refractivity contribution is 5.21. The summed E-state index contributed by atoms with van der Waals surface area (Å²) in [5.41, 5.74) is -6.88. The molecule has 0 aromatic rings. The maximum absolute atomic E-state index is 14.0. The van der Waals surface area contributed by atoms with Crippen LogP contribution in [0.25, 0.3) is 0 Å². The SMILES string of the molecule is OC12CC3(F)CC(F)(C1)CC(F)(C2)C3. The van der Waals surface area contributed by atoms with E-state index in [1.165, 1.54) is 0 Å². The van der Waals surface area contributed by atoms with Gasteiger partial charge in [-0.2, -0.15) is 0 Å². The van der Waals surface area contributed by atoms with Crippen molar-refractivity contribution >= 4 is 0 Å². The summed E-state index contributed by atoms with van der Waals surface area (Å²) in [6, 6.07) is 0. The van der Waals surface area contributed by atoms with Gasteiger partial charge < -0.3 is 5.11 Å². The average Bonchev–Trinajstić information content (AvgIpc) is 1.67. The Morgan fingerprint density at radius 3 is 1.14 bits per heavy atom. The monoisotopic (exact) mass is 206 g/mol. The van der Waals surface area contributed by atoms with Crippen LogP contribution in [-0.2, 0) is 0 Å². The molecule has 0 atom stereocenters. The van der Waals surface area contributed by atoms with Crippen LogP contribution in [0, 0.1) is 0 Å². The van der Waals surface area contributed by atoms with Crippen LogP contribution in [0.5, 0.6) is 0 Å². The molecule has 0 aromatic heterocycles. The molecule has 4 fully saturated rings. The lowest BCUT2D eigenvalue weighted by Gasteiger charge is -2.61. The fourth-order valence-electron chi connectivity index (χ4n) is 4.22. The summed E-state index contributed by atoms with van der Waals surface area (Å²) in [4.78, 5) is 0. The molecule has 4 rings (SSSR count). The van der Waals surface area contributed by atoms with Gasteiger partial charge >= 0.3 is 0 Å². The van der Waals surface area contributed by atoms with Gasteiger partial charge in [0.1, 0.15) is 17.0 Å². The molecule has 0 amide bonds. The molecule has 0 radical (unpaired) electrons. The first-order chi connectivity index (χ1) is 6.24. The molecular formula is C10H13F3O. The molecule has 0 unspecified atom stereocenters. The maximum atomic E-state index is 14.0. The average molecular weight is 206 g/mol. The third kappa shape index (κ3) is 1.06. The quantitative estimate of drug-likeness (QED) is 0.644. The van der Waals surface area contributed by atoms with Crippen LogP contribution in [0.3, 0.4) is 0 Å². The van der Waals surface area contributed by atoms with Gasteiger partial charge in [-0.1, -0.05) is 0 Å². The normalized spacial score (nSPS) is 66.0. The molecule has 0 aromatic carbocycles. The van der Waals surface area contributed by atoms with E-state index in [-0.39, 0.29) is 38.5 Å². The highest BCUT2D eigenvalue weighted by Crippen LogP contribution is 2.64. The van der Waals surface area contributed by atoms with E-state index < -0.39 is 22.6 Å². The molecule has 0 spiro atoms. The summed E-state index contributed by atoms with van der Waals surface area (Å²) in [6.45, 7) is 0. The molecule has 1 nitrogen and oxygen atoms in total. The van der Waals surface area contributed by atoms with E-state index in [1.807, 2.05) is 0 Å². The zero-order valence-corrected chi connectivity index (χ0v) is 7.82. The molecule has 1 N–H and O–H groups in total. The van der Waals surface area contributed by atoms with Gasteiger partial charge in [-0.15, -0.1) is 0 Å². The number of hydrogen-bond acceptors (Lipinski definition) is 1. The first-order valence-electron chi connectivity index (χ1n) is 5.03. The van der Waals surface area contributed by atoms with E-state index in [0.29, 0.717) is 0 Å². The molecule has 4 saturated carbocycles. The molecular weight excluding hydrogens is 193 g/mol. The van der Waals surface area contributed by atoms with Crippen molar-refractivity contribution in [3.63, 3.8) is 0 Å². The van der Waals surface area contributed by atoms with Crippen molar-refractivity contribution in [2.75, 3.05) is 0 Å². The number of rotatable bonds is 0. The molecule has 4 aliphatic rings. The van der Waals surface area contributed by atoms with Crippen LogP contribution >= 0.6 is 0 Å². The Morgan fingerprint density at radius 1 is 0.643 bits per heavy atom. The summed E-state index contributed by atoms with van der Waals surface area (Å²) < 4.78 is 41.9. The Labute approximate surface area is 80.3 Å². The summed E-state index contributed by atoms with van der Waals surface area (Å²) in [6.07, 6.45) is -0.943. The highest BCUT2D eigenvalue weighted by atomic mass is 19.2. The summed E-state index contributed by atoms with van der Waals surface area (Å²) in [5.74, 6) is 0. The van der Waals surface area contributed by atoms with E-state index in [1.54, 1.807) is 0 Å². The largest absolute Gasteiger partial charge is 0.390 e. The van der Waals surface area contributed by atoms with Gasteiger partial charge in [0.2, 0.25) is 0 Å². The maximum Gasteiger partial charge on any atom is 0.119 e. The number of aliphatic hydroxyl groups is 1. The van der Waals surface area contributed by atoms with Crippen molar-refractivity contribution < 1.29 is 18.3 Å². The molecule has 4 aliphatic carbocycles. The minimum atomic E-state index is -1.81. The minimum Gasteiger partial charge on any atom is -0.390 e. The van der Waals surface area contributed by atoms with Crippen molar-refractivity contribution in [2.45, 2.75) is 61.1 Å². The molecule has 80 valence electrons. The Kier molecular flexibility index (Phi) is 1.28. The predicted octanol–water partition coefficient (Wildman–Crippen LogP) is 2.22. The number of halogens is 3. The second-order valence-corrected chi connectivity index (χ2v) is 5.74. The van der Waals surface area contributed by atoms with Crippen LogP contribution in [0.1, 0.15) is 38.5 Å². The van der Waals surface area contributed by atoms with Crippen LogP contribution in [0.15, 0.2) is 0 Å². The van der Waals surface area contributed by atoms with Crippen molar-refractivity contribution in [3.8, 4) is 0 Å². The Bertz CT molecular complexity index is 208. The van der Waals surface area contributed by atoms with Crippen LogP contribution in [-0.4, -0.2) is 27.7 Å². The van der Waals surface area contributed by atoms with Crippen molar-refractivity contribution in [1.29, 1.82) is 0 Å². The molecule has 14 heavy (non-hydrogen) atoms. The lowest BCUT2D eigenvalue weighted by Crippen LogP contribution is -2.68. The van der Waals surface area contributed by atoms with E-state index in [9.17, 15) is 18.3 Å². The summed E-state index contributed by atoms with van der Waals surface area (Å²) >= 11 is 0. The lowest BCUT2D eigenvalue weighted by atomic mass is 9.50. The number of hydrogen-bond donors (Lipinski definition) is 1. The number of alkyl halides is 3. The van der Waals surface area contributed by atoms with E-state index in [0.717, 1.165) is 0 Å². The summed E-state index contributed by atoms with van der Waals surface area (Å²) in [5, 5.41) is 9.88. The van der Waals surface area contributed by atoms with E-state index in [4.69, 9.17) is 0 Å². The second kappa shape index (κ2) is 1.99. The zero-order chi connectivity index (χ0) is 10.2. The van der Waals surface area contributed by atoms with Gasteiger partial charge in [0.05, 0.1) is 5.60 Å². The van der Waals surface area contributed by atoms with Crippen LogP contribution in [0.4, 0.5) is 13.2 Å². The molecule has 4 heteroatoms. The zero-order valence-electron chi connectivity index (χ0n) is 7.82. The van der Waals surface area contributed by atoms with Gasteiger partial charge in [0.25, 0.3) is 0 Å². The van der Waals surface area contributed by atoms with E-state index in [2.05, 4.69) is 0 Å². The molecule has 4 bridgehead atoms. The predicted molar refractivity (Wildman–Crippen MR) is 44.2 cm³/mol. The van der Waals surface area contributed by atoms with Crippen molar-refractivity contribution in [2.24, 2.45) is 0 Å². The van der Waals surface area contributed by atoms with Gasteiger partial charge in [0.15, 0.2) is 0 Å². The minimum absolute atomic E-state index is 0.0860. The first kappa shape index (κ1) is 9.01. The van der Waals surface area contributed by atoms with Gasteiger partial charge in [-0.05, 0) is 0 Å². The van der Waals surface area contributed by atoms with Gasteiger partial charge in [0, 0.05) is 38.5 Å². The van der Waals surface area contributed by atoms with E-state index >= 15 is 0 Å². The highest BCUT2D eigenvalue weighted by Gasteiger charge is 2.70. The topological polar surface area (TPSA) is 20.2 Å². The van der Waals surface area contributed by atoms with Gasteiger partial charge in [-0.25, -0.2) is 13.2 Å². The Hall–Kier alpha value is -0.250. The summed E-state index contributed by atoms with van der Waals surface area (Å²) in [7, 11) is 0. The second-order valence-electron chi connectivity index (χ2n) is 5.74. The van der Waals surface area contributed by atoms with Crippen LogP contribution in [0.2, 0.25) is 0 Å². The molecule has 0 heterocycles. The smallest absolute Gasteiger partial charge is 0.119 e. The van der Waals surface area contributed by atoms with Crippen LogP contribution < -0.4 is 0 Å².